The summed E-state index contributed by atoms with van der Waals surface area (Å²) in [7, 11) is 0. The Balaban J connectivity index is 2.06. The Labute approximate surface area is 108 Å². The lowest BCUT2D eigenvalue weighted by molar-refractivity contribution is 0.166. The summed E-state index contributed by atoms with van der Waals surface area (Å²) in [6.45, 7) is 0. The highest BCUT2D eigenvalue weighted by molar-refractivity contribution is 5.37. The van der Waals surface area contributed by atoms with Crippen molar-refractivity contribution in [1.29, 1.82) is 10.5 Å². The molecule has 1 fully saturated rings. The van der Waals surface area contributed by atoms with E-state index in [-0.39, 0.29) is 5.92 Å². The molecule has 1 saturated carbocycles. The van der Waals surface area contributed by atoms with E-state index in [4.69, 9.17) is 0 Å². The van der Waals surface area contributed by atoms with Crippen molar-refractivity contribution >= 4 is 0 Å². The van der Waals surface area contributed by atoms with Crippen LogP contribution >= 0.6 is 0 Å². The van der Waals surface area contributed by atoms with Crippen molar-refractivity contribution in [3.8, 4) is 12.1 Å². The van der Waals surface area contributed by atoms with E-state index in [1.165, 1.54) is 11.1 Å². The molecule has 0 heterocycles. The summed E-state index contributed by atoms with van der Waals surface area (Å²) in [6, 6.07) is 13.2. The lowest BCUT2D eigenvalue weighted by Crippen LogP contribution is -2.38. The van der Waals surface area contributed by atoms with Crippen LogP contribution in [0.1, 0.15) is 42.7 Å². The van der Waals surface area contributed by atoms with Crippen LogP contribution in [0.2, 0.25) is 0 Å². The molecule has 0 aliphatic heterocycles. The molecule has 0 unspecified atom stereocenters. The lowest BCUT2D eigenvalue weighted by atomic mass is 9.57. The van der Waals surface area contributed by atoms with E-state index in [1.54, 1.807) is 0 Å². The third-order valence-corrected chi connectivity index (χ3v) is 4.78. The Morgan fingerprint density at radius 3 is 2.67 bits per heavy atom. The molecule has 1 aromatic rings. The minimum absolute atomic E-state index is 0.233. The first-order valence-electron chi connectivity index (χ1n) is 6.71. The number of fused-ring (bicyclic) bond motifs is 3. The van der Waals surface area contributed by atoms with Crippen molar-refractivity contribution in [2.45, 2.75) is 38.0 Å². The molecule has 0 aromatic heterocycles. The fourth-order valence-corrected chi connectivity index (χ4v) is 3.89. The maximum absolute atomic E-state index is 9.46. The maximum atomic E-state index is 9.46. The Bertz CT molecular complexity index is 533. The van der Waals surface area contributed by atoms with Gasteiger partial charge in [0.2, 0.25) is 0 Å². The number of nitrogens with zero attached hydrogens (tertiary/aromatic N) is 2. The van der Waals surface area contributed by atoms with Gasteiger partial charge in [-0.15, -0.1) is 0 Å². The molecule has 1 aromatic carbocycles. The molecule has 90 valence electrons. The van der Waals surface area contributed by atoms with E-state index in [2.05, 4.69) is 36.4 Å². The first-order valence-corrected chi connectivity index (χ1v) is 6.71. The van der Waals surface area contributed by atoms with Crippen LogP contribution in [0.5, 0.6) is 0 Å². The quantitative estimate of drug-likeness (QED) is 0.691. The van der Waals surface area contributed by atoms with Crippen LogP contribution in [0.15, 0.2) is 24.3 Å². The van der Waals surface area contributed by atoms with Crippen molar-refractivity contribution in [1.82, 2.24) is 0 Å². The van der Waals surface area contributed by atoms with Gasteiger partial charge in [-0.3, -0.25) is 0 Å². The number of hydrogen-bond donors (Lipinski definition) is 0. The van der Waals surface area contributed by atoms with Crippen LogP contribution in [0, 0.1) is 34.0 Å². The zero-order valence-electron chi connectivity index (χ0n) is 10.4. The van der Waals surface area contributed by atoms with Gasteiger partial charge in [-0.1, -0.05) is 30.7 Å². The van der Waals surface area contributed by atoms with Crippen LogP contribution < -0.4 is 0 Å². The summed E-state index contributed by atoms with van der Waals surface area (Å²) in [5.74, 6) is 0.652. The Kier molecular flexibility index (Phi) is 2.60. The van der Waals surface area contributed by atoms with E-state index in [0.717, 1.165) is 32.1 Å². The standard InChI is InChI=1S/C16H16N2/c17-10-16(11-18)9-3-6-14-13-5-2-1-4-12(13)7-8-15(14)16/h1-2,4-5,14-15H,3,6-9H2/t14-,15-/m0/s1. The fourth-order valence-electron chi connectivity index (χ4n) is 3.89. The second-order valence-corrected chi connectivity index (χ2v) is 5.54. The monoisotopic (exact) mass is 236 g/mol. The Morgan fingerprint density at radius 1 is 1.11 bits per heavy atom. The second-order valence-electron chi connectivity index (χ2n) is 5.54. The SMILES string of the molecule is N#CC1(C#N)CCC[C@H]2c3ccccc3CC[C@@H]21. The molecule has 2 atom stereocenters. The smallest absolute Gasteiger partial charge is 0.147 e. The molecule has 2 aliphatic carbocycles. The number of nitriles is 2. The van der Waals surface area contributed by atoms with Gasteiger partial charge in [0.1, 0.15) is 5.41 Å². The Hall–Kier alpha value is -1.80. The molecule has 0 N–H and O–H groups in total. The van der Waals surface area contributed by atoms with E-state index in [9.17, 15) is 10.5 Å². The highest BCUT2D eigenvalue weighted by atomic mass is 14.5. The first kappa shape index (κ1) is 11.3. The van der Waals surface area contributed by atoms with Crippen molar-refractivity contribution in [2.24, 2.45) is 11.3 Å². The predicted molar refractivity (Wildman–Crippen MR) is 68.5 cm³/mol. The van der Waals surface area contributed by atoms with Gasteiger partial charge in [0.25, 0.3) is 0 Å². The molecular weight excluding hydrogens is 220 g/mol. The number of benzene rings is 1. The van der Waals surface area contributed by atoms with E-state index >= 15 is 0 Å². The largest absolute Gasteiger partial charge is 0.197 e. The fraction of sp³-hybridized carbons (Fsp3) is 0.500. The van der Waals surface area contributed by atoms with Gasteiger partial charge in [-0.2, -0.15) is 10.5 Å². The van der Waals surface area contributed by atoms with Crippen LogP contribution in [0.25, 0.3) is 0 Å². The van der Waals surface area contributed by atoms with E-state index in [0.29, 0.717) is 5.92 Å². The summed E-state index contributed by atoms with van der Waals surface area (Å²) < 4.78 is 0. The summed E-state index contributed by atoms with van der Waals surface area (Å²) >= 11 is 0. The van der Waals surface area contributed by atoms with Gasteiger partial charge >= 0.3 is 0 Å². The molecule has 0 radical (unpaired) electrons. The minimum Gasteiger partial charge on any atom is -0.197 e. The zero-order valence-corrected chi connectivity index (χ0v) is 10.4. The first-order chi connectivity index (χ1) is 8.80. The van der Waals surface area contributed by atoms with Gasteiger partial charge in [0.15, 0.2) is 0 Å². The molecule has 0 spiro atoms. The average Bonchev–Trinajstić information content (AvgIpc) is 2.46. The van der Waals surface area contributed by atoms with Crippen LogP contribution in [-0.2, 0) is 6.42 Å². The average molecular weight is 236 g/mol. The highest BCUT2D eigenvalue weighted by Crippen LogP contribution is 2.53. The molecular formula is C16H16N2. The predicted octanol–water partition coefficient (Wildman–Crippen LogP) is 3.55. The number of aryl methyl sites for hydroxylation is 1. The molecule has 2 heteroatoms. The van der Waals surface area contributed by atoms with Crippen molar-refractivity contribution in [3.63, 3.8) is 0 Å². The third kappa shape index (κ3) is 1.46. The van der Waals surface area contributed by atoms with Crippen LogP contribution in [0.3, 0.4) is 0 Å². The molecule has 2 nitrogen and oxygen atoms in total. The van der Waals surface area contributed by atoms with Gasteiger partial charge in [-0.25, -0.2) is 0 Å². The normalized spacial score (nSPS) is 28.3. The molecule has 0 saturated heterocycles. The van der Waals surface area contributed by atoms with E-state index < -0.39 is 5.41 Å². The van der Waals surface area contributed by atoms with Crippen molar-refractivity contribution < 1.29 is 0 Å². The van der Waals surface area contributed by atoms with Crippen molar-refractivity contribution in [3.05, 3.63) is 35.4 Å². The van der Waals surface area contributed by atoms with Crippen molar-refractivity contribution in [2.75, 3.05) is 0 Å². The minimum atomic E-state index is -0.740. The summed E-state index contributed by atoms with van der Waals surface area (Å²) in [6.07, 6.45) is 4.89. The summed E-state index contributed by atoms with van der Waals surface area (Å²) in [4.78, 5) is 0. The maximum Gasteiger partial charge on any atom is 0.147 e. The second kappa shape index (κ2) is 4.14. The van der Waals surface area contributed by atoms with Crippen LogP contribution in [-0.4, -0.2) is 0 Å². The zero-order chi connectivity index (χ0) is 12.6. The van der Waals surface area contributed by atoms with Gasteiger partial charge in [0.05, 0.1) is 12.1 Å². The molecule has 18 heavy (non-hydrogen) atoms. The topological polar surface area (TPSA) is 47.6 Å². The molecule has 0 amide bonds. The van der Waals surface area contributed by atoms with Gasteiger partial charge in [0, 0.05) is 0 Å². The van der Waals surface area contributed by atoms with Crippen LogP contribution in [0.4, 0.5) is 0 Å². The highest BCUT2D eigenvalue weighted by Gasteiger charge is 2.48. The summed E-state index contributed by atoms with van der Waals surface area (Å²) in [5, 5.41) is 18.9. The number of hydrogen-bond acceptors (Lipinski definition) is 2. The molecule has 0 bridgehead atoms. The third-order valence-electron chi connectivity index (χ3n) is 4.78. The van der Waals surface area contributed by atoms with E-state index in [1.807, 2.05) is 0 Å². The lowest BCUT2D eigenvalue weighted by Gasteiger charge is -2.43. The number of rotatable bonds is 0. The molecule has 3 rings (SSSR count). The summed E-state index contributed by atoms with van der Waals surface area (Å²) in [5.41, 5.74) is 2.07. The molecule has 2 aliphatic rings. The Morgan fingerprint density at radius 2 is 1.89 bits per heavy atom. The van der Waals surface area contributed by atoms with Gasteiger partial charge < -0.3 is 0 Å². The van der Waals surface area contributed by atoms with Gasteiger partial charge in [-0.05, 0) is 48.6 Å².